The second-order valence-electron chi connectivity index (χ2n) is 11.9. The number of likely N-dealkylation sites (tertiary alicyclic amines) is 1. The van der Waals surface area contributed by atoms with E-state index in [1.54, 1.807) is 6.20 Å². The number of aromatic nitrogens is 6. The number of allylic oxidation sites excluding steroid dienone is 3. The Morgan fingerprint density at radius 3 is 2.71 bits per heavy atom. The fourth-order valence-electron chi connectivity index (χ4n) is 5.85. The van der Waals surface area contributed by atoms with Crippen LogP contribution in [0.15, 0.2) is 66.8 Å². The van der Waals surface area contributed by atoms with Crippen molar-refractivity contribution in [1.82, 2.24) is 39.9 Å². The summed E-state index contributed by atoms with van der Waals surface area (Å²) in [5.74, 6) is 1.32. The topological polar surface area (TPSA) is 111 Å². The summed E-state index contributed by atoms with van der Waals surface area (Å²) in [5, 5.41) is 12.0. The summed E-state index contributed by atoms with van der Waals surface area (Å²) in [6.07, 6.45) is 12.0. The lowest BCUT2D eigenvalue weighted by Crippen LogP contribution is -2.19. The SMILES string of the molecule is CC1=CC=C(c2cc(F)cc(OCCN(C)C)c2)c2[nH]c(-c3n[nH]c4cnc(-c5cncc(CN6CCCC6)c5)cc34)nc2N1. The number of rotatable bonds is 9. The van der Waals surface area contributed by atoms with Crippen LogP contribution in [0.5, 0.6) is 5.75 Å². The van der Waals surface area contributed by atoms with E-state index in [1.165, 1.54) is 30.5 Å². The van der Waals surface area contributed by atoms with Crippen LogP contribution >= 0.6 is 0 Å². The van der Waals surface area contributed by atoms with E-state index >= 15 is 0 Å². The van der Waals surface area contributed by atoms with Gasteiger partial charge in [-0.25, -0.2) is 9.37 Å². The number of nitrogens with one attached hydrogen (secondary N) is 3. The number of halogens is 1. The highest BCUT2D eigenvalue weighted by Gasteiger charge is 2.22. The molecule has 0 saturated carbocycles. The predicted octanol–water partition coefficient (Wildman–Crippen LogP) is 5.85. The Balaban J connectivity index is 1.22. The van der Waals surface area contributed by atoms with Crippen molar-refractivity contribution in [3.8, 4) is 28.5 Å². The molecule has 5 aromatic rings. The summed E-state index contributed by atoms with van der Waals surface area (Å²) in [6, 6.07) is 8.97. The van der Waals surface area contributed by atoms with Gasteiger partial charge in [-0.2, -0.15) is 5.10 Å². The molecular formula is C34H36FN9O. The Hall–Kier alpha value is -4.87. The van der Waals surface area contributed by atoms with E-state index < -0.39 is 0 Å². The van der Waals surface area contributed by atoms with Gasteiger partial charge < -0.3 is 19.9 Å². The molecule has 0 unspecified atom stereocenters. The first-order chi connectivity index (χ1) is 21.9. The van der Waals surface area contributed by atoms with Crippen molar-refractivity contribution in [1.29, 1.82) is 0 Å². The molecule has 0 radical (unpaired) electrons. The molecule has 6 heterocycles. The highest BCUT2D eigenvalue weighted by molar-refractivity contribution is 5.94. The molecule has 11 heteroatoms. The number of imidazole rings is 1. The molecule has 1 saturated heterocycles. The lowest BCUT2D eigenvalue weighted by atomic mass is 10.0. The van der Waals surface area contributed by atoms with E-state index in [1.807, 2.05) is 62.6 Å². The van der Waals surface area contributed by atoms with Crippen molar-refractivity contribution in [2.24, 2.45) is 0 Å². The predicted molar refractivity (Wildman–Crippen MR) is 174 cm³/mol. The van der Waals surface area contributed by atoms with E-state index in [2.05, 4.69) is 36.4 Å². The highest BCUT2D eigenvalue weighted by atomic mass is 19.1. The molecule has 1 aromatic carbocycles. The second kappa shape index (κ2) is 12.3. The Morgan fingerprint density at radius 1 is 1.00 bits per heavy atom. The average molecular weight is 606 g/mol. The van der Waals surface area contributed by atoms with E-state index in [0.717, 1.165) is 65.3 Å². The lowest BCUT2D eigenvalue weighted by molar-refractivity contribution is 0.260. The normalized spacial score (nSPS) is 15.1. The Bertz CT molecular complexity index is 1920. The third-order valence-electron chi connectivity index (χ3n) is 8.15. The van der Waals surface area contributed by atoms with Crippen LogP contribution < -0.4 is 10.1 Å². The zero-order valence-corrected chi connectivity index (χ0v) is 25.7. The fourth-order valence-corrected chi connectivity index (χ4v) is 5.85. The van der Waals surface area contributed by atoms with E-state index in [4.69, 9.17) is 14.7 Å². The first kappa shape index (κ1) is 28.9. The molecule has 2 aliphatic rings. The summed E-state index contributed by atoms with van der Waals surface area (Å²) < 4.78 is 20.7. The van der Waals surface area contributed by atoms with E-state index in [-0.39, 0.29) is 5.82 Å². The van der Waals surface area contributed by atoms with Crippen LogP contribution in [0.2, 0.25) is 0 Å². The van der Waals surface area contributed by atoms with Crippen LogP contribution in [-0.4, -0.2) is 80.3 Å². The molecule has 230 valence electrons. The zero-order chi connectivity index (χ0) is 30.9. The van der Waals surface area contributed by atoms with Crippen molar-refractivity contribution in [3.63, 3.8) is 0 Å². The number of ether oxygens (including phenoxy) is 1. The summed E-state index contributed by atoms with van der Waals surface area (Å²) in [6.45, 7) is 6.30. The first-order valence-electron chi connectivity index (χ1n) is 15.3. The number of hydrogen-bond acceptors (Lipinski definition) is 8. The van der Waals surface area contributed by atoms with Crippen LogP contribution in [-0.2, 0) is 6.54 Å². The lowest BCUT2D eigenvalue weighted by Gasteiger charge is -2.14. The van der Waals surface area contributed by atoms with Gasteiger partial charge in [0.2, 0.25) is 0 Å². The van der Waals surface area contributed by atoms with Gasteiger partial charge in [0.25, 0.3) is 0 Å². The molecule has 0 aliphatic carbocycles. The number of nitrogens with zero attached hydrogens (tertiary/aromatic N) is 6. The largest absolute Gasteiger partial charge is 0.492 e. The number of fused-ring (bicyclic) bond motifs is 2. The maximum Gasteiger partial charge on any atom is 0.161 e. The standard InChI is InChI=1S/C34H36FN9O/c1-21-6-7-27(23-13-25(35)15-26(14-23)45-11-10-43(2)3)31-33(38-21)40-34(39-31)32-28-16-29(37-19-30(28)41-42-32)24-12-22(17-36-18-24)20-44-8-4-5-9-44/h6-7,12-19,38H,4-5,8-11,20H2,1-3H3,(H,39,40)(H,41,42). The monoisotopic (exact) mass is 605 g/mol. The summed E-state index contributed by atoms with van der Waals surface area (Å²) >= 11 is 0. The molecule has 10 nitrogen and oxygen atoms in total. The van der Waals surface area contributed by atoms with Gasteiger partial charge >= 0.3 is 0 Å². The number of H-pyrrole nitrogens is 2. The summed E-state index contributed by atoms with van der Waals surface area (Å²) in [5.41, 5.74) is 7.51. The van der Waals surface area contributed by atoms with Crippen molar-refractivity contribution in [2.45, 2.75) is 26.3 Å². The minimum Gasteiger partial charge on any atom is -0.492 e. The highest BCUT2D eigenvalue weighted by Crippen LogP contribution is 2.36. The Kier molecular flexibility index (Phi) is 7.86. The Morgan fingerprint density at radius 2 is 1.87 bits per heavy atom. The molecule has 7 rings (SSSR count). The summed E-state index contributed by atoms with van der Waals surface area (Å²) in [4.78, 5) is 22.1. The minimum atomic E-state index is -0.371. The van der Waals surface area contributed by atoms with Gasteiger partial charge in [-0.3, -0.25) is 20.0 Å². The fraction of sp³-hybridized carbons (Fsp3) is 0.294. The third-order valence-corrected chi connectivity index (χ3v) is 8.15. The van der Waals surface area contributed by atoms with Crippen LogP contribution in [0.4, 0.5) is 10.2 Å². The smallest absolute Gasteiger partial charge is 0.161 e. The van der Waals surface area contributed by atoms with Gasteiger partial charge in [-0.05, 0) is 88.4 Å². The molecule has 3 N–H and O–H groups in total. The minimum absolute atomic E-state index is 0.371. The van der Waals surface area contributed by atoms with Crippen molar-refractivity contribution in [3.05, 3.63) is 89.4 Å². The molecule has 0 spiro atoms. The molecule has 45 heavy (non-hydrogen) atoms. The van der Waals surface area contributed by atoms with Crippen LogP contribution in [0.25, 0.3) is 39.3 Å². The summed E-state index contributed by atoms with van der Waals surface area (Å²) in [7, 11) is 3.95. The molecule has 4 aromatic heterocycles. The van der Waals surface area contributed by atoms with Gasteiger partial charge in [0.15, 0.2) is 11.6 Å². The molecule has 2 aliphatic heterocycles. The van der Waals surface area contributed by atoms with Crippen LogP contribution in [0.3, 0.4) is 0 Å². The van der Waals surface area contributed by atoms with E-state index in [0.29, 0.717) is 35.3 Å². The number of aromatic amines is 2. The van der Waals surface area contributed by atoms with Gasteiger partial charge in [-0.1, -0.05) is 6.08 Å². The van der Waals surface area contributed by atoms with Crippen molar-refractivity contribution >= 4 is 22.3 Å². The number of hydrogen-bond donors (Lipinski definition) is 3. The van der Waals surface area contributed by atoms with Gasteiger partial charge in [-0.15, -0.1) is 0 Å². The van der Waals surface area contributed by atoms with Crippen molar-refractivity contribution in [2.75, 3.05) is 45.7 Å². The molecule has 0 amide bonds. The number of likely N-dealkylation sites (N-methyl/N-ethyl adjacent to an activating group) is 1. The number of pyridine rings is 2. The molecule has 1 fully saturated rings. The molecular weight excluding hydrogens is 569 g/mol. The third kappa shape index (κ3) is 6.22. The van der Waals surface area contributed by atoms with Gasteiger partial charge in [0.1, 0.15) is 23.9 Å². The Labute approximate surface area is 261 Å². The second-order valence-corrected chi connectivity index (χ2v) is 11.9. The first-order valence-corrected chi connectivity index (χ1v) is 15.3. The van der Waals surface area contributed by atoms with Crippen molar-refractivity contribution < 1.29 is 9.13 Å². The number of anilines is 1. The van der Waals surface area contributed by atoms with E-state index in [9.17, 15) is 4.39 Å². The average Bonchev–Trinajstić information content (AvgIpc) is 3.76. The van der Waals surface area contributed by atoms with Crippen LogP contribution in [0, 0.1) is 5.82 Å². The quantitative estimate of drug-likeness (QED) is 0.192. The maximum atomic E-state index is 14.8. The van der Waals surface area contributed by atoms with Crippen LogP contribution in [0.1, 0.15) is 36.6 Å². The molecule has 0 atom stereocenters. The molecule has 0 bridgehead atoms. The van der Waals surface area contributed by atoms with Gasteiger partial charge in [0.05, 0.1) is 23.1 Å². The van der Waals surface area contributed by atoms with Gasteiger partial charge in [0, 0.05) is 53.8 Å². The number of benzene rings is 1. The zero-order valence-electron chi connectivity index (χ0n) is 25.7. The maximum absolute atomic E-state index is 14.8.